The van der Waals surface area contributed by atoms with Crippen molar-refractivity contribution in [3.05, 3.63) is 177 Å². The molecule has 0 saturated carbocycles. The molecule has 21 nitrogen and oxygen atoms in total. The van der Waals surface area contributed by atoms with Crippen LogP contribution in [0.3, 0.4) is 0 Å². The Hall–Kier alpha value is -9.54. The number of aromatic nitrogens is 10. The fraction of sp³-hybridized carbons (Fsp3) is 0.310. The largest absolute Gasteiger partial charge is 0.478 e. The minimum atomic E-state index is -1.32. The van der Waals surface area contributed by atoms with Crippen LogP contribution < -0.4 is 11.1 Å². The summed E-state index contributed by atoms with van der Waals surface area (Å²) in [5, 5.41) is 34.9. The highest BCUT2D eigenvalue weighted by Gasteiger charge is 2.32. The van der Waals surface area contributed by atoms with E-state index in [1.54, 1.807) is 45.5 Å². The van der Waals surface area contributed by atoms with Gasteiger partial charge in [-0.25, -0.2) is 42.5 Å². The Kier molecular flexibility index (Phi) is 20.5. The third kappa shape index (κ3) is 14.6. The molecule has 0 radical (unpaired) electrons. The first-order chi connectivity index (χ1) is 38.0. The van der Waals surface area contributed by atoms with Crippen molar-refractivity contribution in [3.63, 3.8) is 0 Å². The van der Waals surface area contributed by atoms with Gasteiger partial charge in [0, 0.05) is 13.1 Å². The maximum absolute atomic E-state index is 15.0. The average molecular weight is 1110 g/mol. The molecular formula is C58H66F2N14O7. The number of anilines is 2. The molecule has 424 valence electrons. The number of amides is 3. The van der Waals surface area contributed by atoms with E-state index in [0.29, 0.717) is 65.9 Å². The van der Waals surface area contributed by atoms with Crippen molar-refractivity contribution >= 4 is 35.7 Å². The number of tetrazole rings is 2. The van der Waals surface area contributed by atoms with E-state index in [2.05, 4.69) is 46.3 Å². The summed E-state index contributed by atoms with van der Waals surface area (Å²) >= 11 is 0. The standard InChI is InChI=1S/C28H28FN7O3.C19H18FNO4.C9H12N6.2CH4/c1-17(2)36-26(32-33-34-36)24-10-7-11-25(30-24)31-27(37)22-15-21-18(3)35(13-12-20(21)14-23(22)29)28(38)39-16-19-8-5-4-6-9-19;1-12-15-10-16(18(22)23)17(20)9-14(15)7-8-21(12)19(24)25-11-13-5-3-2-4-6-13;1-6(2)15-9(12-13-14-15)7-4-3-5-8(10)11-7;;/h4-11,14-15,17-18H,12-13,16H2,1-3H3,(H,30,31,37);2-6,9-10,12H,7-8,11H2,1H3,(H,22,23);3-6H,1-2H3,(H2,10,11);2*1H4. The van der Waals surface area contributed by atoms with Crippen molar-refractivity contribution in [2.75, 3.05) is 24.1 Å². The van der Waals surface area contributed by atoms with Crippen LogP contribution in [0.5, 0.6) is 0 Å². The zero-order chi connectivity index (χ0) is 56.3. The van der Waals surface area contributed by atoms with Gasteiger partial charge in [-0.15, -0.1) is 10.2 Å². The van der Waals surface area contributed by atoms with Crippen molar-refractivity contribution in [1.82, 2.24) is 60.2 Å². The van der Waals surface area contributed by atoms with Gasteiger partial charge in [-0.3, -0.25) is 4.79 Å². The monoisotopic (exact) mass is 1110 g/mol. The number of benzene rings is 4. The van der Waals surface area contributed by atoms with Crippen LogP contribution in [-0.2, 0) is 35.5 Å². The maximum atomic E-state index is 15.0. The molecule has 0 saturated heterocycles. The molecule has 81 heavy (non-hydrogen) atoms. The van der Waals surface area contributed by atoms with Crippen LogP contribution in [-0.4, -0.2) is 102 Å². The summed E-state index contributed by atoms with van der Waals surface area (Å²) in [7, 11) is 0. The summed E-state index contributed by atoms with van der Waals surface area (Å²) < 4.78 is 43.1. The summed E-state index contributed by atoms with van der Waals surface area (Å²) in [6.45, 7) is 12.6. The van der Waals surface area contributed by atoms with Gasteiger partial charge in [0.15, 0.2) is 0 Å². The number of carbonyl (C=O) groups excluding carboxylic acids is 3. The van der Waals surface area contributed by atoms with E-state index in [9.17, 15) is 23.6 Å². The lowest BCUT2D eigenvalue weighted by Gasteiger charge is -2.34. The lowest BCUT2D eigenvalue weighted by atomic mass is 9.91. The molecule has 2 aliphatic heterocycles. The van der Waals surface area contributed by atoms with E-state index in [-0.39, 0.29) is 63.1 Å². The smallest absolute Gasteiger partial charge is 0.410 e. The number of pyridine rings is 2. The number of nitrogen functional groups attached to an aromatic ring is 1. The van der Waals surface area contributed by atoms with Gasteiger partial charge in [0.1, 0.15) is 47.9 Å². The molecule has 2 unspecified atom stereocenters. The number of carboxylic acid groups (broad SMARTS) is 1. The molecule has 6 heterocycles. The number of carboxylic acids is 1. The predicted molar refractivity (Wildman–Crippen MR) is 299 cm³/mol. The molecule has 4 N–H and O–H groups in total. The van der Waals surface area contributed by atoms with E-state index in [0.717, 1.165) is 22.3 Å². The maximum Gasteiger partial charge on any atom is 0.410 e. The first kappa shape index (κ1) is 60.7. The van der Waals surface area contributed by atoms with Gasteiger partial charge in [-0.2, -0.15) is 0 Å². The van der Waals surface area contributed by atoms with Crippen molar-refractivity contribution in [3.8, 4) is 23.0 Å². The molecule has 3 amide bonds. The second kappa shape index (κ2) is 27.4. The summed E-state index contributed by atoms with van der Waals surface area (Å²) in [5.41, 5.74) is 10.8. The first-order valence-corrected chi connectivity index (χ1v) is 25.4. The summed E-state index contributed by atoms with van der Waals surface area (Å²) in [5.74, 6) is -1.59. The second-order valence-corrected chi connectivity index (χ2v) is 19.1. The Bertz CT molecular complexity index is 3450. The van der Waals surface area contributed by atoms with E-state index >= 15 is 4.39 Å². The van der Waals surface area contributed by atoms with Gasteiger partial charge in [0.05, 0.1) is 35.3 Å². The highest BCUT2D eigenvalue weighted by molar-refractivity contribution is 6.04. The van der Waals surface area contributed by atoms with Crippen LogP contribution in [0, 0.1) is 11.6 Å². The van der Waals surface area contributed by atoms with Crippen molar-refractivity contribution in [2.45, 2.75) is 107 Å². The molecule has 10 rings (SSSR count). The van der Waals surface area contributed by atoms with E-state index in [1.807, 2.05) is 107 Å². The molecule has 0 aliphatic carbocycles. The van der Waals surface area contributed by atoms with E-state index in [1.165, 1.54) is 29.2 Å². The Morgan fingerprint density at radius 1 is 0.630 bits per heavy atom. The molecule has 4 aromatic heterocycles. The van der Waals surface area contributed by atoms with Crippen molar-refractivity contribution in [1.29, 1.82) is 0 Å². The van der Waals surface area contributed by atoms with Gasteiger partial charge >= 0.3 is 18.2 Å². The number of hydrogen-bond acceptors (Lipinski definition) is 15. The van der Waals surface area contributed by atoms with Gasteiger partial charge in [0.2, 0.25) is 11.6 Å². The topological polar surface area (TPSA) is 264 Å². The zero-order valence-corrected chi connectivity index (χ0v) is 44.2. The first-order valence-electron chi connectivity index (χ1n) is 25.4. The van der Waals surface area contributed by atoms with Gasteiger partial charge in [0.25, 0.3) is 5.91 Å². The Labute approximate surface area is 468 Å². The number of nitrogens with zero attached hydrogens (tertiary/aromatic N) is 12. The third-order valence-electron chi connectivity index (χ3n) is 13.1. The Balaban J connectivity index is 0.000000215. The number of aromatic carboxylic acids is 1. The molecule has 4 aromatic carbocycles. The van der Waals surface area contributed by atoms with Crippen molar-refractivity contribution < 1.29 is 42.5 Å². The molecule has 0 bridgehead atoms. The minimum Gasteiger partial charge on any atom is -0.478 e. The fourth-order valence-electron chi connectivity index (χ4n) is 8.93. The van der Waals surface area contributed by atoms with E-state index < -0.39 is 41.7 Å². The number of nitrogens with two attached hydrogens (primary N) is 1. The quantitative estimate of drug-likeness (QED) is 0.109. The molecule has 2 aliphatic rings. The van der Waals surface area contributed by atoms with Gasteiger partial charge < -0.3 is 35.4 Å². The number of nitrogens with one attached hydrogen (secondary N) is 1. The normalized spacial score (nSPS) is 14.1. The van der Waals surface area contributed by atoms with Gasteiger partial charge in [-0.1, -0.05) is 87.6 Å². The second-order valence-electron chi connectivity index (χ2n) is 19.1. The SMILES string of the molecule is C.C.CC(C)n1nnnc1-c1cccc(N)n1.CC1c2cc(C(=O)Nc3cccc(-c4nnnn4C(C)C)n3)c(F)cc2CCN1C(=O)OCc1ccccc1.CC1c2cc(C(=O)O)c(F)cc2CCN1C(=O)OCc1ccccc1. The molecule has 0 fully saturated rings. The molecule has 8 aromatic rings. The predicted octanol–water partition coefficient (Wildman–Crippen LogP) is 10.9. The van der Waals surface area contributed by atoms with Crippen LogP contribution in [0.15, 0.2) is 121 Å². The minimum absolute atomic E-state index is 0. The van der Waals surface area contributed by atoms with Crippen molar-refractivity contribution in [2.24, 2.45) is 0 Å². The number of carbonyl (C=O) groups is 4. The van der Waals surface area contributed by atoms with Crippen LogP contribution in [0.25, 0.3) is 23.0 Å². The number of hydrogen-bond donors (Lipinski definition) is 3. The number of halogens is 2. The fourth-order valence-corrected chi connectivity index (χ4v) is 8.93. The summed E-state index contributed by atoms with van der Waals surface area (Å²) in [6, 6.07) is 34.1. The number of rotatable bonds is 11. The van der Waals surface area contributed by atoms with E-state index in [4.69, 9.17) is 20.3 Å². The van der Waals surface area contributed by atoms with Crippen LogP contribution in [0.2, 0.25) is 0 Å². The highest BCUT2D eigenvalue weighted by Crippen LogP contribution is 2.34. The number of ether oxygens (including phenoxy) is 2. The Morgan fingerprint density at radius 3 is 1.53 bits per heavy atom. The number of fused-ring (bicyclic) bond motifs is 2. The lowest BCUT2D eigenvalue weighted by molar-refractivity contribution is 0.0690. The lowest BCUT2D eigenvalue weighted by Crippen LogP contribution is -2.39. The molecule has 2 atom stereocenters. The molecule has 23 heteroatoms. The average Bonchev–Trinajstić information content (AvgIpc) is 4.15. The zero-order valence-electron chi connectivity index (χ0n) is 44.2. The molecule has 0 spiro atoms. The third-order valence-corrected chi connectivity index (χ3v) is 13.1. The highest BCUT2D eigenvalue weighted by atomic mass is 19.1. The summed E-state index contributed by atoms with van der Waals surface area (Å²) in [4.78, 5) is 61.3. The van der Waals surface area contributed by atoms with Crippen LogP contribution in [0.4, 0.5) is 30.0 Å². The van der Waals surface area contributed by atoms with Crippen LogP contribution >= 0.6 is 0 Å². The van der Waals surface area contributed by atoms with Crippen LogP contribution in [0.1, 0.15) is 135 Å². The summed E-state index contributed by atoms with van der Waals surface area (Å²) in [6.07, 6.45) is -0.0235. The molecular weight excluding hydrogens is 1040 g/mol. The van der Waals surface area contributed by atoms with Gasteiger partial charge in [-0.05, 0) is 157 Å². The Morgan fingerprint density at radius 2 is 1.07 bits per heavy atom.